The van der Waals surface area contributed by atoms with Gasteiger partial charge in [0.15, 0.2) is 5.76 Å². The van der Waals surface area contributed by atoms with E-state index in [9.17, 15) is 4.79 Å². The van der Waals surface area contributed by atoms with Crippen LogP contribution in [-0.2, 0) is 11.2 Å². The zero-order valence-corrected chi connectivity index (χ0v) is 14.2. The topological polar surface area (TPSA) is 46.3 Å². The Kier molecular flexibility index (Phi) is 4.67. The molecule has 0 spiro atoms. The van der Waals surface area contributed by atoms with Gasteiger partial charge in [-0.05, 0) is 12.1 Å². The molecule has 4 nitrogen and oxygen atoms in total. The zero-order chi connectivity index (χ0) is 17.1. The molecule has 1 amide bonds. The Hall–Kier alpha value is -2.59. The Labute approximate surface area is 145 Å². The first-order valence-corrected chi connectivity index (χ1v) is 7.94. The molecule has 0 aliphatic rings. The highest BCUT2D eigenvalue weighted by atomic mass is 35.5. The van der Waals surface area contributed by atoms with Gasteiger partial charge in [0.2, 0.25) is 11.8 Å². The van der Waals surface area contributed by atoms with Crippen molar-refractivity contribution in [2.24, 2.45) is 0 Å². The van der Waals surface area contributed by atoms with Gasteiger partial charge in [-0.2, -0.15) is 0 Å². The number of likely N-dealkylation sites (N-methyl/N-ethyl adjacent to an activating group) is 1. The van der Waals surface area contributed by atoms with Crippen LogP contribution < -0.4 is 0 Å². The van der Waals surface area contributed by atoms with E-state index in [1.807, 2.05) is 48.5 Å². The van der Waals surface area contributed by atoms with E-state index in [4.69, 9.17) is 16.0 Å². The second kappa shape index (κ2) is 6.89. The summed E-state index contributed by atoms with van der Waals surface area (Å²) in [7, 11) is 3.41. The standard InChI is InChI=1S/C19H17ClN2O2/c1-22(2)17(23)12-16-21-18(13-8-4-3-5-9-13)19(24-16)14-10-6-7-11-15(14)20/h3-11H,12H2,1-2H3. The van der Waals surface area contributed by atoms with Crippen LogP contribution in [-0.4, -0.2) is 29.9 Å². The third-order valence-corrected chi connectivity index (χ3v) is 3.97. The third kappa shape index (κ3) is 3.34. The lowest BCUT2D eigenvalue weighted by molar-refractivity contribution is -0.128. The molecule has 1 aromatic heterocycles. The number of amides is 1. The maximum atomic E-state index is 12.0. The van der Waals surface area contributed by atoms with E-state index in [1.165, 1.54) is 4.90 Å². The number of nitrogens with zero attached hydrogens (tertiary/aromatic N) is 2. The van der Waals surface area contributed by atoms with Crippen molar-refractivity contribution in [3.63, 3.8) is 0 Å². The molecule has 0 radical (unpaired) electrons. The Morgan fingerprint density at radius 1 is 1.08 bits per heavy atom. The lowest BCUT2D eigenvalue weighted by Crippen LogP contribution is -2.23. The van der Waals surface area contributed by atoms with Gasteiger partial charge in [0, 0.05) is 25.2 Å². The highest BCUT2D eigenvalue weighted by molar-refractivity contribution is 6.33. The maximum absolute atomic E-state index is 12.0. The van der Waals surface area contributed by atoms with Crippen LogP contribution in [0.3, 0.4) is 0 Å². The quantitative estimate of drug-likeness (QED) is 0.711. The molecule has 0 fully saturated rings. The van der Waals surface area contributed by atoms with Gasteiger partial charge in [0.05, 0.1) is 5.02 Å². The Morgan fingerprint density at radius 2 is 1.75 bits per heavy atom. The van der Waals surface area contributed by atoms with Crippen LogP contribution in [0.15, 0.2) is 59.0 Å². The molecule has 3 aromatic rings. The summed E-state index contributed by atoms with van der Waals surface area (Å²) in [4.78, 5) is 18.0. The highest BCUT2D eigenvalue weighted by Crippen LogP contribution is 2.36. The van der Waals surface area contributed by atoms with Gasteiger partial charge >= 0.3 is 0 Å². The molecule has 24 heavy (non-hydrogen) atoms. The summed E-state index contributed by atoms with van der Waals surface area (Å²) >= 11 is 6.32. The van der Waals surface area contributed by atoms with E-state index in [1.54, 1.807) is 20.2 Å². The predicted molar refractivity (Wildman–Crippen MR) is 94.8 cm³/mol. The second-order valence-electron chi connectivity index (χ2n) is 5.60. The maximum Gasteiger partial charge on any atom is 0.231 e. The molecule has 0 aliphatic carbocycles. The first-order valence-electron chi connectivity index (χ1n) is 7.56. The van der Waals surface area contributed by atoms with Gasteiger partial charge < -0.3 is 9.32 Å². The fourth-order valence-electron chi connectivity index (χ4n) is 2.35. The number of benzene rings is 2. The average Bonchev–Trinajstić information content (AvgIpc) is 2.99. The number of carbonyl (C=O) groups is 1. The molecular formula is C19H17ClN2O2. The normalized spacial score (nSPS) is 10.6. The number of oxazole rings is 1. The van der Waals surface area contributed by atoms with Gasteiger partial charge in [0.1, 0.15) is 12.1 Å². The minimum atomic E-state index is -0.0680. The second-order valence-corrected chi connectivity index (χ2v) is 6.00. The van der Waals surface area contributed by atoms with Gasteiger partial charge in [-0.15, -0.1) is 0 Å². The van der Waals surface area contributed by atoms with E-state index in [0.717, 1.165) is 11.1 Å². The number of hydrogen-bond donors (Lipinski definition) is 0. The third-order valence-electron chi connectivity index (χ3n) is 3.64. The molecule has 0 saturated heterocycles. The number of carbonyl (C=O) groups excluding carboxylic acids is 1. The van der Waals surface area contributed by atoms with Gasteiger partial charge in [0.25, 0.3) is 0 Å². The zero-order valence-electron chi connectivity index (χ0n) is 13.5. The highest BCUT2D eigenvalue weighted by Gasteiger charge is 2.20. The van der Waals surface area contributed by atoms with E-state index in [-0.39, 0.29) is 12.3 Å². The van der Waals surface area contributed by atoms with Crippen molar-refractivity contribution in [1.82, 2.24) is 9.88 Å². The van der Waals surface area contributed by atoms with Gasteiger partial charge in [-0.25, -0.2) is 4.98 Å². The molecule has 5 heteroatoms. The van der Waals surface area contributed by atoms with E-state index >= 15 is 0 Å². The van der Waals surface area contributed by atoms with Crippen LogP contribution >= 0.6 is 11.6 Å². The molecule has 0 atom stereocenters. The van der Waals surface area contributed by atoms with Crippen molar-refractivity contribution in [2.75, 3.05) is 14.1 Å². The Morgan fingerprint density at radius 3 is 2.42 bits per heavy atom. The number of aromatic nitrogens is 1. The van der Waals surface area contributed by atoms with Crippen molar-refractivity contribution in [3.05, 3.63) is 65.5 Å². The molecule has 0 unspecified atom stereocenters. The average molecular weight is 341 g/mol. The predicted octanol–water partition coefficient (Wildman–Crippen LogP) is 4.29. The van der Waals surface area contributed by atoms with Crippen LogP contribution in [0.4, 0.5) is 0 Å². The van der Waals surface area contributed by atoms with Crippen molar-refractivity contribution in [3.8, 4) is 22.6 Å². The van der Waals surface area contributed by atoms with Crippen LogP contribution in [0, 0.1) is 0 Å². The van der Waals surface area contributed by atoms with Gasteiger partial charge in [-0.1, -0.05) is 54.1 Å². The Balaban J connectivity index is 2.11. The van der Waals surface area contributed by atoms with Crippen molar-refractivity contribution in [1.29, 1.82) is 0 Å². The van der Waals surface area contributed by atoms with Crippen molar-refractivity contribution < 1.29 is 9.21 Å². The molecule has 2 aromatic carbocycles. The molecule has 0 aliphatic heterocycles. The number of hydrogen-bond acceptors (Lipinski definition) is 3. The number of rotatable bonds is 4. The summed E-state index contributed by atoms with van der Waals surface area (Å²) in [6, 6.07) is 17.2. The minimum absolute atomic E-state index is 0.0680. The largest absolute Gasteiger partial charge is 0.439 e. The fourth-order valence-corrected chi connectivity index (χ4v) is 2.57. The summed E-state index contributed by atoms with van der Waals surface area (Å²) in [5, 5.41) is 0.580. The van der Waals surface area contributed by atoms with Crippen LogP contribution in [0.5, 0.6) is 0 Å². The van der Waals surface area contributed by atoms with Crippen LogP contribution in [0.2, 0.25) is 5.02 Å². The lowest BCUT2D eigenvalue weighted by atomic mass is 10.1. The van der Waals surface area contributed by atoms with Crippen LogP contribution in [0.25, 0.3) is 22.6 Å². The first-order chi connectivity index (χ1) is 11.6. The summed E-state index contributed by atoms with van der Waals surface area (Å²) < 4.78 is 5.91. The molecule has 0 bridgehead atoms. The molecule has 0 saturated carbocycles. The number of halogens is 1. The van der Waals surface area contributed by atoms with Crippen LogP contribution in [0.1, 0.15) is 5.89 Å². The van der Waals surface area contributed by atoms with Crippen molar-refractivity contribution >= 4 is 17.5 Å². The summed E-state index contributed by atoms with van der Waals surface area (Å²) in [6.45, 7) is 0. The summed E-state index contributed by atoms with van der Waals surface area (Å²) in [5.74, 6) is 0.886. The SMILES string of the molecule is CN(C)C(=O)Cc1nc(-c2ccccc2)c(-c2ccccc2Cl)o1. The van der Waals surface area contributed by atoms with E-state index in [2.05, 4.69) is 4.98 Å². The van der Waals surface area contributed by atoms with E-state index in [0.29, 0.717) is 22.4 Å². The molecule has 0 N–H and O–H groups in total. The molecular weight excluding hydrogens is 324 g/mol. The smallest absolute Gasteiger partial charge is 0.231 e. The monoisotopic (exact) mass is 340 g/mol. The molecule has 3 rings (SSSR count). The fraction of sp³-hybridized carbons (Fsp3) is 0.158. The van der Waals surface area contributed by atoms with Crippen molar-refractivity contribution in [2.45, 2.75) is 6.42 Å². The summed E-state index contributed by atoms with van der Waals surface area (Å²) in [5.41, 5.74) is 2.36. The molecule has 1 heterocycles. The minimum Gasteiger partial charge on any atom is -0.439 e. The summed E-state index contributed by atoms with van der Waals surface area (Å²) in [6.07, 6.45) is 0.108. The van der Waals surface area contributed by atoms with Gasteiger partial charge in [-0.3, -0.25) is 4.79 Å². The first kappa shape index (κ1) is 16.3. The van der Waals surface area contributed by atoms with E-state index < -0.39 is 0 Å². The Bertz CT molecular complexity index is 857. The molecule has 122 valence electrons. The lowest BCUT2D eigenvalue weighted by Gasteiger charge is -2.07.